The lowest BCUT2D eigenvalue weighted by molar-refractivity contribution is 0.590. The molecule has 1 aliphatic rings. The third kappa shape index (κ3) is 3.59. The van der Waals surface area contributed by atoms with Crippen LogP contribution in [0.5, 0.6) is 0 Å². The van der Waals surface area contributed by atoms with Crippen LogP contribution in [0.25, 0.3) is 10.2 Å². The average molecular weight is 399 g/mol. The van der Waals surface area contributed by atoms with Crippen LogP contribution in [0.2, 0.25) is 0 Å². The normalized spacial score (nSPS) is 14.5. The molecule has 0 saturated carbocycles. The second-order valence-electron chi connectivity index (χ2n) is 8.39. The van der Waals surface area contributed by atoms with Crippen LogP contribution in [0.3, 0.4) is 0 Å². The van der Waals surface area contributed by atoms with E-state index >= 15 is 0 Å². The minimum atomic E-state index is 0.116. The lowest BCUT2D eigenvalue weighted by Gasteiger charge is -2.19. The summed E-state index contributed by atoms with van der Waals surface area (Å²) in [5.74, 6) is 0.821. The molecule has 0 unspecified atom stereocenters. The highest BCUT2D eigenvalue weighted by atomic mass is 32.2. The minimum Gasteiger partial charge on any atom is -0.290 e. The van der Waals surface area contributed by atoms with Gasteiger partial charge in [0, 0.05) is 17.7 Å². The van der Waals surface area contributed by atoms with Crippen molar-refractivity contribution < 1.29 is 0 Å². The van der Waals surface area contributed by atoms with Gasteiger partial charge in [-0.3, -0.25) is 9.36 Å². The fourth-order valence-electron chi connectivity index (χ4n) is 3.65. The molecular formula is C22H26N2OS2. The SMILES string of the molecule is Cn1c(SCc2ccc(C(C)(C)C)cc2)nc2sc3c(c2c1=O)CCCC3. The van der Waals surface area contributed by atoms with Crippen molar-refractivity contribution in [3.05, 3.63) is 56.2 Å². The van der Waals surface area contributed by atoms with Gasteiger partial charge in [-0.1, -0.05) is 56.8 Å². The number of benzene rings is 1. The molecule has 1 aromatic carbocycles. The summed E-state index contributed by atoms with van der Waals surface area (Å²) < 4.78 is 1.73. The summed E-state index contributed by atoms with van der Waals surface area (Å²) in [7, 11) is 1.85. The molecule has 1 aliphatic carbocycles. The van der Waals surface area contributed by atoms with Gasteiger partial charge in [-0.15, -0.1) is 11.3 Å². The van der Waals surface area contributed by atoms with Gasteiger partial charge in [-0.25, -0.2) is 4.98 Å². The van der Waals surface area contributed by atoms with E-state index in [2.05, 4.69) is 45.0 Å². The molecule has 0 saturated heterocycles. The maximum absolute atomic E-state index is 13.0. The molecule has 0 bridgehead atoms. The summed E-state index contributed by atoms with van der Waals surface area (Å²) in [4.78, 5) is 20.1. The molecule has 3 aromatic rings. The lowest BCUT2D eigenvalue weighted by Crippen LogP contribution is -2.20. The topological polar surface area (TPSA) is 34.9 Å². The first kappa shape index (κ1) is 18.8. The van der Waals surface area contributed by atoms with Gasteiger partial charge in [0.15, 0.2) is 5.16 Å². The number of aromatic nitrogens is 2. The van der Waals surface area contributed by atoms with E-state index in [1.165, 1.54) is 34.4 Å². The Bertz CT molecular complexity index is 1040. The maximum atomic E-state index is 13.0. The summed E-state index contributed by atoms with van der Waals surface area (Å²) in [6.45, 7) is 6.69. The maximum Gasteiger partial charge on any atom is 0.262 e. The summed E-state index contributed by atoms with van der Waals surface area (Å²) in [5, 5.41) is 1.68. The van der Waals surface area contributed by atoms with E-state index < -0.39 is 0 Å². The van der Waals surface area contributed by atoms with E-state index in [1.807, 2.05) is 7.05 Å². The summed E-state index contributed by atoms with van der Waals surface area (Å²) in [6, 6.07) is 8.79. The monoisotopic (exact) mass is 398 g/mol. The molecule has 4 rings (SSSR count). The molecule has 0 aliphatic heterocycles. The Morgan fingerprint density at radius 1 is 1.15 bits per heavy atom. The Hall–Kier alpha value is -1.59. The Morgan fingerprint density at radius 3 is 2.56 bits per heavy atom. The third-order valence-corrected chi connectivity index (χ3v) is 7.63. The standard InChI is InChI=1S/C22H26N2OS2/c1-22(2,3)15-11-9-14(10-12-15)13-26-21-23-19-18(20(25)24(21)4)16-7-5-6-8-17(16)27-19/h9-12H,5-8,13H2,1-4H3. The number of fused-ring (bicyclic) bond motifs is 3. The Balaban J connectivity index is 1.61. The zero-order chi connectivity index (χ0) is 19.2. The van der Waals surface area contributed by atoms with Crippen LogP contribution in [0.1, 0.15) is 55.2 Å². The van der Waals surface area contributed by atoms with E-state index in [9.17, 15) is 4.79 Å². The Morgan fingerprint density at radius 2 is 1.85 bits per heavy atom. The number of thioether (sulfide) groups is 1. The molecule has 0 N–H and O–H groups in total. The predicted octanol–water partition coefficient (Wildman–Crippen LogP) is 5.46. The summed E-state index contributed by atoms with van der Waals surface area (Å²) in [5.41, 5.74) is 4.15. The van der Waals surface area contributed by atoms with Gasteiger partial charge >= 0.3 is 0 Å². The molecule has 27 heavy (non-hydrogen) atoms. The first-order chi connectivity index (χ1) is 12.8. The van der Waals surface area contributed by atoms with E-state index in [0.717, 1.165) is 34.0 Å². The van der Waals surface area contributed by atoms with Gasteiger partial charge in [0.05, 0.1) is 5.39 Å². The molecular weight excluding hydrogens is 372 g/mol. The first-order valence-corrected chi connectivity index (χ1v) is 11.4. The van der Waals surface area contributed by atoms with Crippen molar-refractivity contribution in [1.29, 1.82) is 0 Å². The highest BCUT2D eigenvalue weighted by Gasteiger charge is 2.21. The van der Waals surface area contributed by atoms with Gasteiger partial charge in [-0.05, 0) is 47.8 Å². The van der Waals surface area contributed by atoms with Crippen molar-refractivity contribution in [1.82, 2.24) is 9.55 Å². The number of rotatable bonds is 3. The smallest absolute Gasteiger partial charge is 0.262 e. The quantitative estimate of drug-likeness (QED) is 0.434. The highest BCUT2D eigenvalue weighted by molar-refractivity contribution is 7.98. The molecule has 2 aromatic heterocycles. The largest absolute Gasteiger partial charge is 0.290 e. The van der Waals surface area contributed by atoms with E-state index in [4.69, 9.17) is 4.98 Å². The van der Waals surface area contributed by atoms with Crippen molar-refractivity contribution in [3.8, 4) is 0 Å². The van der Waals surface area contributed by atoms with Gasteiger partial charge in [-0.2, -0.15) is 0 Å². The molecule has 2 heterocycles. The zero-order valence-electron chi connectivity index (χ0n) is 16.5. The number of hydrogen-bond acceptors (Lipinski definition) is 4. The molecule has 0 amide bonds. The van der Waals surface area contributed by atoms with E-state index in [-0.39, 0.29) is 11.0 Å². The molecule has 0 atom stereocenters. The van der Waals surface area contributed by atoms with Crippen LogP contribution in [0, 0.1) is 0 Å². The van der Waals surface area contributed by atoms with E-state index in [1.54, 1.807) is 27.7 Å². The van der Waals surface area contributed by atoms with Crippen molar-refractivity contribution in [2.45, 2.75) is 62.8 Å². The molecule has 0 radical (unpaired) electrons. The van der Waals surface area contributed by atoms with Crippen LogP contribution in [0.15, 0.2) is 34.2 Å². The van der Waals surface area contributed by atoms with Gasteiger partial charge in [0.2, 0.25) is 0 Å². The highest BCUT2D eigenvalue weighted by Crippen LogP contribution is 2.35. The molecule has 3 nitrogen and oxygen atoms in total. The molecule has 0 spiro atoms. The molecule has 0 fully saturated rings. The number of nitrogens with zero attached hydrogens (tertiary/aromatic N) is 2. The fraction of sp³-hybridized carbons (Fsp3) is 0.455. The number of aryl methyl sites for hydroxylation is 2. The fourth-order valence-corrected chi connectivity index (χ4v) is 5.88. The van der Waals surface area contributed by atoms with Crippen LogP contribution in [-0.4, -0.2) is 9.55 Å². The van der Waals surface area contributed by atoms with Crippen LogP contribution >= 0.6 is 23.1 Å². The van der Waals surface area contributed by atoms with Crippen molar-refractivity contribution in [2.24, 2.45) is 7.05 Å². The van der Waals surface area contributed by atoms with Gasteiger partial charge in [0.25, 0.3) is 5.56 Å². The van der Waals surface area contributed by atoms with E-state index in [0.29, 0.717) is 0 Å². The van der Waals surface area contributed by atoms with Crippen molar-refractivity contribution >= 4 is 33.3 Å². The molecule has 5 heteroatoms. The lowest BCUT2D eigenvalue weighted by atomic mass is 9.87. The van der Waals surface area contributed by atoms with Gasteiger partial charge in [0.1, 0.15) is 4.83 Å². The van der Waals surface area contributed by atoms with Crippen LogP contribution < -0.4 is 5.56 Å². The summed E-state index contributed by atoms with van der Waals surface area (Å²) in [6.07, 6.45) is 4.54. The summed E-state index contributed by atoms with van der Waals surface area (Å²) >= 11 is 3.37. The van der Waals surface area contributed by atoms with Crippen molar-refractivity contribution in [2.75, 3.05) is 0 Å². The Labute approximate surface area is 168 Å². The second-order valence-corrected chi connectivity index (χ2v) is 10.4. The number of thiophene rings is 1. The number of hydrogen-bond donors (Lipinski definition) is 0. The van der Waals surface area contributed by atoms with Crippen LogP contribution in [0.4, 0.5) is 0 Å². The third-order valence-electron chi connectivity index (χ3n) is 5.34. The average Bonchev–Trinajstić information content (AvgIpc) is 3.01. The first-order valence-electron chi connectivity index (χ1n) is 9.58. The zero-order valence-corrected chi connectivity index (χ0v) is 18.1. The second kappa shape index (κ2) is 7.10. The van der Waals surface area contributed by atoms with Gasteiger partial charge < -0.3 is 0 Å². The van der Waals surface area contributed by atoms with Crippen LogP contribution in [-0.2, 0) is 31.1 Å². The molecule has 142 valence electrons. The predicted molar refractivity (Wildman–Crippen MR) is 116 cm³/mol. The van der Waals surface area contributed by atoms with Crippen molar-refractivity contribution in [3.63, 3.8) is 0 Å². The minimum absolute atomic E-state index is 0.116. The Kier molecular flexibility index (Phi) is 4.93.